The Morgan fingerprint density at radius 2 is 1.46 bits per heavy atom. The number of nitrogens with one attached hydrogen (secondary N) is 2. The van der Waals surface area contributed by atoms with Crippen LogP contribution < -0.4 is 15.5 Å². The zero-order chi connectivity index (χ0) is 26.9. The van der Waals surface area contributed by atoms with Gasteiger partial charge < -0.3 is 20.0 Å². The summed E-state index contributed by atoms with van der Waals surface area (Å²) in [5, 5.41) is 5.74. The van der Waals surface area contributed by atoms with E-state index in [4.69, 9.17) is 0 Å². The van der Waals surface area contributed by atoms with Gasteiger partial charge >= 0.3 is 0 Å². The molecule has 0 spiro atoms. The molecule has 6 rings (SSSR count). The molecule has 1 atom stereocenters. The largest absolute Gasteiger partial charge is 0.367 e. The highest BCUT2D eigenvalue weighted by Gasteiger charge is 2.41. The Labute approximate surface area is 230 Å². The molecule has 1 aromatic carbocycles. The fourth-order valence-electron chi connectivity index (χ4n) is 7.23. The van der Waals surface area contributed by atoms with Crippen molar-refractivity contribution in [2.75, 3.05) is 70.3 Å². The number of piperidine rings is 1. The first-order valence-electron chi connectivity index (χ1n) is 14.8. The molecule has 0 radical (unpaired) electrons. The number of anilines is 1. The van der Waals surface area contributed by atoms with Crippen LogP contribution in [0.3, 0.4) is 0 Å². The highest BCUT2D eigenvalue weighted by atomic mass is 19.1. The van der Waals surface area contributed by atoms with Gasteiger partial charge in [-0.05, 0) is 56.1 Å². The molecule has 5 aliphatic rings. The number of hydrogen-bond donors (Lipinski definition) is 2. The number of benzene rings is 1. The van der Waals surface area contributed by atoms with Crippen LogP contribution in [0.25, 0.3) is 0 Å². The minimum atomic E-state index is -0.730. The standard InChI is InChI=1S/C29H41FN6O3/c30-27-23-19-36(25-7-8-26(37)32-28(25)38)29(39)22(23)5-6-24(27)35-15-13-34(14-16-35)18-21-3-1-20(2-4-21)17-33-11-9-31-10-12-33/h5-6,20-21,25,31H,1-4,7-19H2,(H,32,37,38). The molecule has 3 saturated heterocycles. The SMILES string of the molecule is O=C1CCC(N2Cc3c(ccc(N4CCN(CC5CCC(CN6CCNCC6)CC5)CC4)c3F)C2=O)C(=O)N1. The molecule has 1 aromatic rings. The van der Waals surface area contributed by atoms with Crippen LogP contribution in [-0.2, 0) is 16.1 Å². The maximum absolute atomic E-state index is 15.7. The average Bonchev–Trinajstić information content (AvgIpc) is 3.28. The van der Waals surface area contributed by atoms with Crippen LogP contribution in [0.2, 0.25) is 0 Å². The lowest BCUT2D eigenvalue weighted by atomic mass is 9.81. The molecule has 212 valence electrons. The molecule has 1 saturated carbocycles. The number of carbonyl (C=O) groups is 3. The smallest absolute Gasteiger partial charge is 0.255 e. The van der Waals surface area contributed by atoms with E-state index < -0.39 is 11.9 Å². The number of halogens is 1. The molecule has 1 unspecified atom stereocenters. The third kappa shape index (κ3) is 5.69. The molecule has 9 nitrogen and oxygen atoms in total. The lowest BCUT2D eigenvalue weighted by Crippen LogP contribution is -2.52. The van der Waals surface area contributed by atoms with Gasteiger partial charge in [0.1, 0.15) is 6.04 Å². The van der Waals surface area contributed by atoms with E-state index in [-0.39, 0.29) is 37.0 Å². The van der Waals surface area contributed by atoms with Crippen LogP contribution in [0.1, 0.15) is 54.4 Å². The lowest BCUT2D eigenvalue weighted by Gasteiger charge is -2.40. The van der Waals surface area contributed by atoms with Gasteiger partial charge in [-0.25, -0.2) is 4.39 Å². The predicted molar refractivity (Wildman–Crippen MR) is 146 cm³/mol. The first kappa shape index (κ1) is 26.7. The van der Waals surface area contributed by atoms with Gasteiger partial charge in [0.05, 0.1) is 12.2 Å². The third-order valence-electron chi connectivity index (χ3n) is 9.55. The molecule has 3 amide bonds. The monoisotopic (exact) mass is 540 g/mol. The van der Waals surface area contributed by atoms with Gasteiger partial charge in [-0.15, -0.1) is 0 Å². The predicted octanol–water partition coefficient (Wildman–Crippen LogP) is 1.42. The number of amides is 3. The Morgan fingerprint density at radius 3 is 2.10 bits per heavy atom. The Kier molecular flexibility index (Phi) is 7.86. The highest BCUT2D eigenvalue weighted by Crippen LogP contribution is 2.35. The number of fused-ring (bicyclic) bond motifs is 1. The van der Waals surface area contributed by atoms with Gasteiger partial charge in [0.25, 0.3) is 5.91 Å². The van der Waals surface area contributed by atoms with E-state index in [1.807, 2.05) is 0 Å². The van der Waals surface area contributed by atoms with Crippen molar-refractivity contribution in [3.63, 3.8) is 0 Å². The summed E-state index contributed by atoms with van der Waals surface area (Å²) in [6.45, 7) is 10.4. The van der Waals surface area contributed by atoms with Gasteiger partial charge in [-0.1, -0.05) is 0 Å². The first-order valence-corrected chi connectivity index (χ1v) is 14.8. The molecule has 4 fully saturated rings. The van der Waals surface area contributed by atoms with Gasteiger partial charge in [-0.2, -0.15) is 0 Å². The van der Waals surface area contributed by atoms with Crippen LogP contribution >= 0.6 is 0 Å². The van der Waals surface area contributed by atoms with Crippen molar-refractivity contribution < 1.29 is 18.8 Å². The highest BCUT2D eigenvalue weighted by molar-refractivity contribution is 6.05. The van der Waals surface area contributed by atoms with E-state index in [0.717, 1.165) is 57.6 Å². The van der Waals surface area contributed by atoms with Crippen LogP contribution in [0, 0.1) is 17.7 Å². The minimum Gasteiger partial charge on any atom is -0.367 e. The Morgan fingerprint density at radius 1 is 0.821 bits per heavy atom. The number of piperazine rings is 2. The van der Waals surface area contributed by atoms with Crippen molar-refractivity contribution in [3.8, 4) is 0 Å². The van der Waals surface area contributed by atoms with E-state index in [9.17, 15) is 14.4 Å². The van der Waals surface area contributed by atoms with Crippen molar-refractivity contribution in [3.05, 3.63) is 29.1 Å². The Balaban J connectivity index is 0.997. The summed E-state index contributed by atoms with van der Waals surface area (Å²) in [7, 11) is 0. The van der Waals surface area contributed by atoms with E-state index in [2.05, 4.69) is 25.3 Å². The van der Waals surface area contributed by atoms with Crippen LogP contribution in [0.5, 0.6) is 0 Å². The van der Waals surface area contributed by atoms with E-state index in [1.165, 1.54) is 50.2 Å². The molecule has 4 aliphatic heterocycles. The second kappa shape index (κ2) is 11.5. The molecule has 2 N–H and O–H groups in total. The second-order valence-electron chi connectivity index (χ2n) is 12.0. The summed E-state index contributed by atoms with van der Waals surface area (Å²) >= 11 is 0. The van der Waals surface area contributed by atoms with E-state index >= 15 is 4.39 Å². The fourth-order valence-corrected chi connectivity index (χ4v) is 7.23. The summed E-state index contributed by atoms with van der Waals surface area (Å²) in [6.07, 6.45) is 5.76. The molecule has 0 bridgehead atoms. The van der Waals surface area contributed by atoms with Gasteiger partial charge in [0.15, 0.2) is 5.82 Å². The normalized spacial score (nSPS) is 29.1. The summed E-state index contributed by atoms with van der Waals surface area (Å²) in [6, 6.07) is 2.69. The van der Waals surface area contributed by atoms with Crippen LogP contribution in [0.15, 0.2) is 12.1 Å². The van der Waals surface area contributed by atoms with Gasteiger partial charge in [0, 0.05) is 83.0 Å². The first-order chi connectivity index (χ1) is 19.0. The summed E-state index contributed by atoms with van der Waals surface area (Å²) in [5.41, 5.74) is 1.23. The van der Waals surface area contributed by atoms with Crippen LogP contribution in [0.4, 0.5) is 10.1 Å². The lowest BCUT2D eigenvalue weighted by molar-refractivity contribution is -0.136. The summed E-state index contributed by atoms with van der Waals surface area (Å²) in [5.74, 6) is 0.113. The zero-order valence-electron chi connectivity index (χ0n) is 22.8. The van der Waals surface area contributed by atoms with Crippen molar-refractivity contribution in [1.82, 2.24) is 25.3 Å². The molecule has 4 heterocycles. The Hall–Kier alpha value is -2.56. The van der Waals surface area contributed by atoms with Crippen molar-refractivity contribution in [2.45, 2.75) is 51.1 Å². The maximum atomic E-state index is 15.7. The summed E-state index contributed by atoms with van der Waals surface area (Å²) < 4.78 is 15.7. The second-order valence-corrected chi connectivity index (χ2v) is 12.0. The molecule has 0 aromatic heterocycles. The Bertz CT molecular complexity index is 1090. The molecular weight excluding hydrogens is 499 g/mol. The van der Waals surface area contributed by atoms with Crippen molar-refractivity contribution in [1.29, 1.82) is 0 Å². The van der Waals surface area contributed by atoms with E-state index in [1.54, 1.807) is 12.1 Å². The quantitative estimate of drug-likeness (QED) is 0.528. The van der Waals surface area contributed by atoms with Gasteiger partial charge in [-0.3, -0.25) is 24.6 Å². The molecular formula is C29H41FN6O3. The summed E-state index contributed by atoms with van der Waals surface area (Å²) in [4.78, 5) is 45.5. The number of imide groups is 1. The third-order valence-corrected chi connectivity index (χ3v) is 9.55. The molecule has 10 heteroatoms. The number of hydrogen-bond acceptors (Lipinski definition) is 7. The van der Waals surface area contributed by atoms with Crippen molar-refractivity contribution in [2.24, 2.45) is 11.8 Å². The number of nitrogens with zero attached hydrogens (tertiary/aromatic N) is 4. The fraction of sp³-hybridized carbons (Fsp3) is 0.690. The van der Waals surface area contributed by atoms with Gasteiger partial charge in [0.2, 0.25) is 11.8 Å². The molecule has 1 aliphatic carbocycles. The number of rotatable bonds is 6. The molecule has 39 heavy (non-hydrogen) atoms. The van der Waals surface area contributed by atoms with Crippen molar-refractivity contribution >= 4 is 23.4 Å². The number of carbonyl (C=O) groups excluding carboxylic acids is 3. The zero-order valence-corrected chi connectivity index (χ0v) is 22.8. The van der Waals surface area contributed by atoms with Crippen LogP contribution in [-0.4, -0.2) is 104 Å². The maximum Gasteiger partial charge on any atom is 0.255 e. The average molecular weight is 541 g/mol. The minimum absolute atomic E-state index is 0.0669. The topological polar surface area (TPSA) is 88.2 Å². The van der Waals surface area contributed by atoms with E-state index in [0.29, 0.717) is 16.8 Å².